The Morgan fingerprint density at radius 1 is 1.21 bits per heavy atom. The Balaban J connectivity index is 1.44. The summed E-state index contributed by atoms with van der Waals surface area (Å²) in [5.41, 5.74) is 2.41. The summed E-state index contributed by atoms with van der Waals surface area (Å²) >= 11 is 0. The monoisotopic (exact) mass is 428 g/mol. The van der Waals surface area contributed by atoms with Gasteiger partial charge in [-0.1, -0.05) is 0 Å². The van der Waals surface area contributed by atoms with Gasteiger partial charge in [-0.3, -0.25) is 4.40 Å². The number of fused-ring (bicyclic) bond motifs is 5. The number of imidazole rings is 1. The van der Waals surface area contributed by atoms with Crippen molar-refractivity contribution in [2.45, 2.75) is 37.5 Å². The molecule has 0 spiro atoms. The minimum absolute atomic E-state index is 0.0989. The molecule has 12 heteroatoms. The number of aromatic nitrogens is 4. The van der Waals surface area contributed by atoms with E-state index in [1.54, 1.807) is 18.6 Å². The second kappa shape index (κ2) is 6.33. The van der Waals surface area contributed by atoms with Crippen LogP contribution in [0.25, 0.3) is 16.7 Å². The van der Waals surface area contributed by atoms with E-state index in [0.29, 0.717) is 25.3 Å². The van der Waals surface area contributed by atoms with Crippen molar-refractivity contribution in [3.8, 4) is 0 Å². The summed E-state index contributed by atoms with van der Waals surface area (Å²) in [5.74, 6) is -0.200. The predicted octanol–water partition coefficient (Wildman–Crippen LogP) is 2.15. The van der Waals surface area contributed by atoms with Gasteiger partial charge in [0.25, 0.3) is 0 Å². The molecule has 0 radical (unpaired) electrons. The Hall–Kier alpha value is -2.34. The van der Waals surface area contributed by atoms with Crippen molar-refractivity contribution in [2.24, 2.45) is 0 Å². The van der Waals surface area contributed by atoms with E-state index in [2.05, 4.69) is 19.9 Å². The van der Waals surface area contributed by atoms with Crippen LogP contribution in [0.15, 0.2) is 24.7 Å². The average Bonchev–Trinajstić information content (AvgIpc) is 3.35. The van der Waals surface area contributed by atoms with Crippen LogP contribution < -0.4 is 4.90 Å². The van der Waals surface area contributed by atoms with E-state index >= 15 is 0 Å². The predicted molar refractivity (Wildman–Crippen MR) is 100 cm³/mol. The minimum atomic E-state index is -4.49. The molecule has 2 unspecified atom stereocenters. The lowest BCUT2D eigenvalue weighted by Crippen LogP contribution is -2.45. The molecule has 156 valence electrons. The van der Waals surface area contributed by atoms with Crippen LogP contribution in [0.1, 0.15) is 19.3 Å². The lowest BCUT2D eigenvalue weighted by atomic mass is 10.1. The third kappa shape index (κ3) is 3.14. The van der Waals surface area contributed by atoms with Gasteiger partial charge in [-0.25, -0.2) is 18.4 Å². The van der Waals surface area contributed by atoms with Gasteiger partial charge in [0.15, 0.2) is 5.65 Å². The number of aromatic amines is 1. The van der Waals surface area contributed by atoms with Crippen LogP contribution >= 0.6 is 0 Å². The summed E-state index contributed by atoms with van der Waals surface area (Å²) in [6.07, 6.45) is 0.547. The van der Waals surface area contributed by atoms with Gasteiger partial charge < -0.3 is 9.88 Å². The molecule has 3 aromatic heterocycles. The van der Waals surface area contributed by atoms with Gasteiger partial charge in [-0.05, 0) is 18.9 Å². The molecule has 5 heterocycles. The van der Waals surface area contributed by atoms with Crippen LogP contribution in [0.5, 0.6) is 0 Å². The third-order valence-electron chi connectivity index (χ3n) is 5.78. The van der Waals surface area contributed by atoms with Crippen LogP contribution in [0.4, 0.5) is 19.1 Å². The highest BCUT2D eigenvalue weighted by molar-refractivity contribution is 7.89. The summed E-state index contributed by atoms with van der Waals surface area (Å²) in [4.78, 5) is 14.0. The first kappa shape index (κ1) is 18.7. The number of alkyl halides is 3. The fourth-order valence-corrected chi connectivity index (χ4v) is 6.18. The van der Waals surface area contributed by atoms with Crippen molar-refractivity contribution in [2.75, 3.05) is 23.7 Å². The largest absolute Gasteiger partial charge is 0.390 e. The molecule has 2 bridgehead atoms. The zero-order valence-corrected chi connectivity index (χ0v) is 16.1. The molecule has 2 saturated heterocycles. The van der Waals surface area contributed by atoms with Crippen LogP contribution in [0.3, 0.4) is 0 Å². The molecule has 2 atom stereocenters. The van der Waals surface area contributed by atoms with Gasteiger partial charge in [-0.2, -0.15) is 17.5 Å². The molecule has 8 nitrogen and oxygen atoms in total. The summed E-state index contributed by atoms with van der Waals surface area (Å²) in [6, 6.07) is 1.65. The molecular formula is C17H19F3N6O2S. The zero-order valence-electron chi connectivity index (χ0n) is 15.3. The van der Waals surface area contributed by atoms with E-state index in [0.717, 1.165) is 16.7 Å². The summed E-state index contributed by atoms with van der Waals surface area (Å²) in [5, 5.41) is 0. The molecule has 3 aromatic rings. The number of sulfonamides is 1. The number of H-pyrrole nitrogens is 1. The van der Waals surface area contributed by atoms with Crippen molar-refractivity contribution in [3.63, 3.8) is 0 Å². The van der Waals surface area contributed by atoms with Gasteiger partial charge in [0.1, 0.15) is 0 Å². The molecule has 2 aliphatic rings. The molecular weight excluding hydrogens is 409 g/mol. The number of rotatable bonds is 4. The standard InChI is InChI=1S/C17H19F3N6O2S/c18-17(19,20)3-6-29(27,28)25-5-2-11-7-12(25)10-24(11)16-23-9-13-8-22-15-14(26(13)16)1-4-21-15/h1,4,8-9,11-12,21H,2-3,5-7,10H2. The van der Waals surface area contributed by atoms with Gasteiger partial charge in [0.2, 0.25) is 16.0 Å². The Kier molecular flexibility index (Phi) is 4.07. The fourth-order valence-electron chi connectivity index (χ4n) is 4.47. The fraction of sp³-hybridized carbons (Fsp3) is 0.529. The normalized spacial score (nSPS) is 23.5. The topological polar surface area (TPSA) is 86.6 Å². The molecule has 0 aliphatic carbocycles. The van der Waals surface area contributed by atoms with Gasteiger partial charge in [-0.15, -0.1) is 0 Å². The lowest BCUT2D eigenvalue weighted by Gasteiger charge is -2.31. The summed E-state index contributed by atoms with van der Waals surface area (Å²) in [7, 11) is -3.97. The Labute approximate surface area is 164 Å². The Bertz CT molecular complexity index is 1170. The highest BCUT2D eigenvalue weighted by Gasteiger charge is 2.46. The molecule has 0 saturated carbocycles. The van der Waals surface area contributed by atoms with Gasteiger partial charge in [0.05, 0.1) is 35.6 Å². The van der Waals surface area contributed by atoms with Crippen molar-refractivity contribution in [3.05, 3.63) is 24.7 Å². The molecule has 2 fully saturated rings. The average molecular weight is 428 g/mol. The number of hydrogen-bond acceptors (Lipinski definition) is 5. The van der Waals surface area contributed by atoms with Crippen LogP contribution in [0.2, 0.25) is 0 Å². The van der Waals surface area contributed by atoms with E-state index in [1.807, 2.05) is 10.5 Å². The smallest absolute Gasteiger partial charge is 0.345 e. The van der Waals surface area contributed by atoms with E-state index in [-0.39, 0.29) is 18.6 Å². The molecule has 2 aliphatic heterocycles. The molecule has 29 heavy (non-hydrogen) atoms. The number of nitrogens with one attached hydrogen (secondary N) is 1. The Morgan fingerprint density at radius 3 is 2.79 bits per heavy atom. The number of anilines is 1. The second-order valence-corrected chi connectivity index (χ2v) is 9.61. The number of nitrogens with zero attached hydrogens (tertiary/aromatic N) is 5. The molecule has 5 rings (SSSR count). The SMILES string of the molecule is O=S(=O)(CCC(F)(F)F)N1CCC2CC1CN2c1ncc2cnc3[nH]ccc3n12. The van der Waals surface area contributed by atoms with Gasteiger partial charge >= 0.3 is 6.18 Å². The minimum Gasteiger partial charge on any atom is -0.345 e. The first-order valence-corrected chi connectivity index (χ1v) is 11.0. The summed E-state index contributed by atoms with van der Waals surface area (Å²) < 4.78 is 65.9. The van der Waals surface area contributed by atoms with E-state index in [4.69, 9.17) is 0 Å². The second-order valence-electron chi connectivity index (χ2n) is 7.56. The number of piperidine rings is 1. The number of halogens is 3. The first-order chi connectivity index (χ1) is 13.7. The van der Waals surface area contributed by atoms with Crippen molar-refractivity contribution in [1.29, 1.82) is 0 Å². The molecule has 0 amide bonds. The van der Waals surface area contributed by atoms with E-state index in [1.165, 1.54) is 4.31 Å². The number of hydrogen-bond donors (Lipinski definition) is 1. The maximum atomic E-state index is 12.5. The highest BCUT2D eigenvalue weighted by Crippen LogP contribution is 2.36. The van der Waals surface area contributed by atoms with E-state index in [9.17, 15) is 21.6 Å². The first-order valence-electron chi connectivity index (χ1n) is 9.35. The highest BCUT2D eigenvalue weighted by atomic mass is 32.2. The molecule has 1 N–H and O–H groups in total. The lowest BCUT2D eigenvalue weighted by molar-refractivity contribution is -0.130. The third-order valence-corrected chi connectivity index (χ3v) is 7.70. The maximum Gasteiger partial charge on any atom is 0.390 e. The quantitative estimate of drug-likeness (QED) is 0.688. The van der Waals surface area contributed by atoms with E-state index < -0.39 is 28.4 Å². The zero-order chi connectivity index (χ0) is 20.4. The van der Waals surface area contributed by atoms with Crippen LogP contribution in [-0.2, 0) is 10.0 Å². The van der Waals surface area contributed by atoms with Crippen molar-refractivity contribution in [1.82, 2.24) is 23.7 Å². The van der Waals surface area contributed by atoms with Gasteiger partial charge in [0, 0.05) is 31.4 Å². The Morgan fingerprint density at radius 2 is 2.00 bits per heavy atom. The van der Waals surface area contributed by atoms with Crippen LogP contribution in [-0.4, -0.2) is 69.2 Å². The van der Waals surface area contributed by atoms with Crippen molar-refractivity contribution < 1.29 is 21.6 Å². The van der Waals surface area contributed by atoms with Crippen LogP contribution in [0, 0.1) is 0 Å². The summed E-state index contributed by atoms with van der Waals surface area (Å²) in [6.45, 7) is 0.639. The molecule has 0 aromatic carbocycles. The maximum absolute atomic E-state index is 12.5. The van der Waals surface area contributed by atoms with Crippen molar-refractivity contribution >= 4 is 32.7 Å².